The molecule has 1 aliphatic heterocycles. The zero-order valence-corrected chi connectivity index (χ0v) is 13.4. The summed E-state index contributed by atoms with van der Waals surface area (Å²) in [5, 5.41) is 3.55. The molecule has 0 aromatic carbocycles. The lowest BCUT2D eigenvalue weighted by atomic mass is 9.73. The maximum Gasteiger partial charge on any atom is 0.0686 e. The molecular weight excluding hydrogens is 260 g/mol. The van der Waals surface area contributed by atoms with Crippen LogP contribution in [0, 0.1) is 12.8 Å². The van der Waals surface area contributed by atoms with Crippen molar-refractivity contribution in [3.05, 3.63) is 29.6 Å². The number of hydrogen-bond donors (Lipinski definition) is 1. The molecule has 1 spiro atoms. The predicted molar refractivity (Wildman–Crippen MR) is 85.3 cm³/mol. The summed E-state index contributed by atoms with van der Waals surface area (Å²) in [7, 11) is 2.09. The van der Waals surface area contributed by atoms with Crippen molar-refractivity contribution < 1.29 is 4.74 Å². The van der Waals surface area contributed by atoms with Gasteiger partial charge in [0.15, 0.2) is 0 Å². The van der Waals surface area contributed by atoms with E-state index in [1.54, 1.807) is 0 Å². The Morgan fingerprint density at radius 1 is 1.33 bits per heavy atom. The van der Waals surface area contributed by atoms with Crippen molar-refractivity contribution in [3.8, 4) is 0 Å². The molecule has 0 bridgehead atoms. The standard InChI is InChI=1S/C18H28N2O/c1-14-12-15(6-10-20-14)17(19-2)16-7-11-21-18(13-16)8-4-3-5-9-18/h6,10,12,16-17,19H,3-5,7-9,11,13H2,1-2H3. The predicted octanol–water partition coefficient (Wildman–Crippen LogP) is 3.78. The van der Waals surface area contributed by atoms with E-state index in [1.807, 2.05) is 6.20 Å². The Bertz CT molecular complexity index is 463. The Morgan fingerprint density at radius 2 is 2.14 bits per heavy atom. The molecular formula is C18H28N2O. The first-order valence-electron chi connectivity index (χ1n) is 8.46. The average Bonchev–Trinajstić information content (AvgIpc) is 2.49. The Morgan fingerprint density at radius 3 is 2.86 bits per heavy atom. The summed E-state index contributed by atoms with van der Waals surface area (Å²) in [5.41, 5.74) is 2.66. The number of pyridine rings is 1. The van der Waals surface area contributed by atoms with Gasteiger partial charge in [-0.25, -0.2) is 0 Å². The van der Waals surface area contributed by atoms with Crippen LogP contribution in [0.3, 0.4) is 0 Å². The first kappa shape index (κ1) is 15.0. The van der Waals surface area contributed by atoms with E-state index < -0.39 is 0 Å². The van der Waals surface area contributed by atoms with Crippen molar-refractivity contribution in [1.29, 1.82) is 0 Å². The molecule has 1 saturated heterocycles. The van der Waals surface area contributed by atoms with Gasteiger partial charge < -0.3 is 10.1 Å². The lowest BCUT2D eigenvalue weighted by Crippen LogP contribution is -2.44. The molecule has 1 N–H and O–H groups in total. The van der Waals surface area contributed by atoms with Crippen LogP contribution in [-0.2, 0) is 4.74 Å². The van der Waals surface area contributed by atoms with E-state index in [-0.39, 0.29) is 5.60 Å². The van der Waals surface area contributed by atoms with E-state index in [1.165, 1.54) is 44.1 Å². The minimum Gasteiger partial charge on any atom is -0.375 e. The van der Waals surface area contributed by atoms with Crippen LogP contribution in [0.5, 0.6) is 0 Å². The van der Waals surface area contributed by atoms with E-state index in [0.29, 0.717) is 12.0 Å². The van der Waals surface area contributed by atoms with Gasteiger partial charge in [-0.05, 0) is 63.3 Å². The summed E-state index contributed by atoms with van der Waals surface area (Å²) in [4.78, 5) is 4.33. The van der Waals surface area contributed by atoms with E-state index >= 15 is 0 Å². The van der Waals surface area contributed by atoms with Crippen LogP contribution in [0.4, 0.5) is 0 Å². The SMILES string of the molecule is CNC(c1ccnc(C)c1)C1CCOC2(CCCCC2)C1. The molecule has 0 amide bonds. The summed E-state index contributed by atoms with van der Waals surface area (Å²) >= 11 is 0. The van der Waals surface area contributed by atoms with Crippen molar-refractivity contribution >= 4 is 0 Å². The van der Waals surface area contributed by atoms with Gasteiger partial charge in [-0.1, -0.05) is 19.3 Å². The molecule has 2 fully saturated rings. The van der Waals surface area contributed by atoms with Gasteiger partial charge in [0.1, 0.15) is 0 Å². The maximum atomic E-state index is 6.25. The summed E-state index contributed by atoms with van der Waals surface area (Å²) in [5.74, 6) is 0.670. The highest BCUT2D eigenvalue weighted by Crippen LogP contribution is 2.44. The molecule has 3 nitrogen and oxygen atoms in total. The number of hydrogen-bond acceptors (Lipinski definition) is 3. The van der Waals surface area contributed by atoms with Gasteiger partial charge in [-0.15, -0.1) is 0 Å². The van der Waals surface area contributed by atoms with Gasteiger partial charge in [0.25, 0.3) is 0 Å². The third kappa shape index (κ3) is 3.29. The van der Waals surface area contributed by atoms with Gasteiger partial charge >= 0.3 is 0 Å². The maximum absolute atomic E-state index is 6.25. The third-order valence-corrected chi connectivity index (χ3v) is 5.36. The Hall–Kier alpha value is -0.930. The molecule has 2 atom stereocenters. The molecule has 1 aliphatic carbocycles. The fraction of sp³-hybridized carbons (Fsp3) is 0.722. The first-order chi connectivity index (χ1) is 10.2. The van der Waals surface area contributed by atoms with Crippen LogP contribution in [0.15, 0.2) is 18.3 Å². The second kappa shape index (κ2) is 6.45. The number of aryl methyl sites for hydroxylation is 1. The summed E-state index contributed by atoms with van der Waals surface area (Å²) in [6.07, 6.45) is 10.9. The minimum atomic E-state index is 0.179. The summed E-state index contributed by atoms with van der Waals surface area (Å²) < 4.78 is 6.25. The van der Waals surface area contributed by atoms with Crippen LogP contribution in [0.2, 0.25) is 0 Å². The number of aromatic nitrogens is 1. The minimum absolute atomic E-state index is 0.179. The lowest BCUT2D eigenvalue weighted by Gasteiger charge is -2.45. The van der Waals surface area contributed by atoms with Crippen molar-refractivity contribution in [2.45, 2.75) is 63.5 Å². The van der Waals surface area contributed by atoms with Gasteiger partial charge in [-0.2, -0.15) is 0 Å². The number of ether oxygens (including phenoxy) is 1. The average molecular weight is 288 g/mol. The van der Waals surface area contributed by atoms with E-state index in [9.17, 15) is 0 Å². The molecule has 21 heavy (non-hydrogen) atoms. The van der Waals surface area contributed by atoms with Gasteiger partial charge in [-0.3, -0.25) is 4.98 Å². The largest absolute Gasteiger partial charge is 0.375 e. The summed E-state index contributed by atoms with van der Waals surface area (Å²) in [6, 6.07) is 4.82. The topological polar surface area (TPSA) is 34.2 Å². The van der Waals surface area contributed by atoms with Crippen LogP contribution in [0.25, 0.3) is 0 Å². The lowest BCUT2D eigenvalue weighted by molar-refractivity contribution is -0.121. The van der Waals surface area contributed by atoms with Gasteiger partial charge in [0.05, 0.1) is 5.60 Å². The smallest absolute Gasteiger partial charge is 0.0686 e. The molecule has 2 aliphatic rings. The molecule has 116 valence electrons. The fourth-order valence-electron chi connectivity index (χ4n) is 4.33. The van der Waals surface area contributed by atoms with Crippen LogP contribution < -0.4 is 5.32 Å². The Labute approximate surface area is 128 Å². The van der Waals surface area contributed by atoms with Gasteiger partial charge in [0, 0.05) is 24.5 Å². The first-order valence-corrected chi connectivity index (χ1v) is 8.46. The second-order valence-corrected chi connectivity index (χ2v) is 6.84. The van der Waals surface area contributed by atoms with E-state index in [4.69, 9.17) is 4.74 Å². The zero-order chi connectivity index (χ0) is 14.7. The molecule has 1 aromatic heterocycles. The van der Waals surface area contributed by atoms with Crippen molar-refractivity contribution in [2.24, 2.45) is 5.92 Å². The Kier molecular flexibility index (Phi) is 4.60. The third-order valence-electron chi connectivity index (χ3n) is 5.36. The quantitative estimate of drug-likeness (QED) is 0.919. The van der Waals surface area contributed by atoms with Crippen molar-refractivity contribution in [1.82, 2.24) is 10.3 Å². The van der Waals surface area contributed by atoms with Crippen molar-refractivity contribution in [3.63, 3.8) is 0 Å². The highest BCUT2D eigenvalue weighted by molar-refractivity contribution is 5.20. The van der Waals surface area contributed by atoms with Crippen LogP contribution >= 0.6 is 0 Å². The molecule has 3 rings (SSSR count). The fourth-order valence-corrected chi connectivity index (χ4v) is 4.33. The number of rotatable bonds is 3. The highest BCUT2D eigenvalue weighted by atomic mass is 16.5. The van der Waals surface area contributed by atoms with Crippen LogP contribution in [0.1, 0.15) is 62.2 Å². The highest BCUT2D eigenvalue weighted by Gasteiger charge is 2.40. The second-order valence-electron chi connectivity index (χ2n) is 6.84. The van der Waals surface area contributed by atoms with E-state index in [2.05, 4.69) is 36.4 Å². The summed E-state index contributed by atoms with van der Waals surface area (Å²) in [6.45, 7) is 3.00. The molecule has 0 radical (unpaired) electrons. The van der Waals surface area contributed by atoms with E-state index in [0.717, 1.165) is 18.7 Å². The monoisotopic (exact) mass is 288 g/mol. The molecule has 3 heteroatoms. The molecule has 1 aromatic rings. The van der Waals surface area contributed by atoms with Crippen LogP contribution in [-0.4, -0.2) is 24.2 Å². The Balaban J connectivity index is 1.77. The van der Waals surface area contributed by atoms with Gasteiger partial charge in [0.2, 0.25) is 0 Å². The molecule has 1 saturated carbocycles. The normalized spacial score (nSPS) is 26.7. The number of nitrogens with zero attached hydrogens (tertiary/aromatic N) is 1. The van der Waals surface area contributed by atoms with Crippen molar-refractivity contribution in [2.75, 3.05) is 13.7 Å². The number of nitrogens with one attached hydrogen (secondary N) is 1. The molecule has 2 heterocycles. The molecule has 2 unspecified atom stereocenters. The zero-order valence-electron chi connectivity index (χ0n) is 13.4.